The van der Waals surface area contributed by atoms with Crippen molar-refractivity contribution in [2.75, 3.05) is 5.32 Å². The number of aryl methyl sites for hydroxylation is 1. The topological polar surface area (TPSA) is 83.6 Å². The molecule has 2 amide bonds. The Balaban J connectivity index is 1.95. The second-order valence-electron chi connectivity index (χ2n) is 6.33. The molecule has 0 saturated heterocycles. The molecule has 2 aromatic rings. The molecule has 3 rings (SSSR count). The van der Waals surface area contributed by atoms with E-state index in [4.69, 9.17) is 0 Å². The summed E-state index contributed by atoms with van der Waals surface area (Å²) in [5.41, 5.74) is 1.82. The number of nitrogens with one attached hydrogen (secondary N) is 1. The lowest BCUT2D eigenvalue weighted by Gasteiger charge is -2.18. The quantitative estimate of drug-likeness (QED) is 0.796. The summed E-state index contributed by atoms with van der Waals surface area (Å²) in [6.07, 6.45) is 0. The van der Waals surface area contributed by atoms with Crippen LogP contribution in [0.2, 0.25) is 0 Å². The first-order chi connectivity index (χ1) is 12.1. The van der Waals surface area contributed by atoms with Crippen LogP contribution in [-0.2, 0) is 10.0 Å². The zero-order valence-electron chi connectivity index (χ0n) is 14.4. The van der Waals surface area contributed by atoms with Crippen molar-refractivity contribution < 1.29 is 18.0 Å². The second-order valence-corrected chi connectivity index (χ2v) is 8.97. The Morgan fingerprint density at radius 3 is 2.46 bits per heavy atom. The van der Waals surface area contributed by atoms with Gasteiger partial charge in [-0.15, -0.1) is 0 Å². The number of carbonyl (C=O) groups excluding carboxylic acids is 2. The Morgan fingerprint density at radius 2 is 1.85 bits per heavy atom. The van der Waals surface area contributed by atoms with Crippen molar-refractivity contribution in [3.05, 3.63) is 57.6 Å². The lowest BCUT2D eigenvalue weighted by molar-refractivity contribution is 0.0846. The molecule has 0 bridgehead atoms. The maximum Gasteiger partial charge on any atom is 0.269 e. The van der Waals surface area contributed by atoms with Crippen molar-refractivity contribution >= 4 is 43.5 Å². The van der Waals surface area contributed by atoms with Crippen molar-refractivity contribution in [1.82, 2.24) is 4.31 Å². The van der Waals surface area contributed by atoms with Crippen LogP contribution in [0.5, 0.6) is 0 Å². The molecule has 26 heavy (non-hydrogen) atoms. The molecule has 1 N–H and O–H groups in total. The molecule has 0 atom stereocenters. The highest BCUT2D eigenvalue weighted by Gasteiger charge is 2.42. The minimum atomic E-state index is -3.94. The summed E-state index contributed by atoms with van der Waals surface area (Å²) in [6, 6.07) is 8.96. The van der Waals surface area contributed by atoms with Crippen LogP contribution in [0.4, 0.5) is 5.69 Å². The number of halogens is 1. The molecule has 1 heterocycles. The highest BCUT2D eigenvalue weighted by atomic mass is 79.9. The van der Waals surface area contributed by atoms with E-state index in [1.165, 1.54) is 18.2 Å². The molecule has 0 spiro atoms. The van der Waals surface area contributed by atoms with Crippen LogP contribution in [0.3, 0.4) is 0 Å². The molecule has 2 aromatic carbocycles. The van der Waals surface area contributed by atoms with E-state index >= 15 is 0 Å². The van der Waals surface area contributed by atoms with Crippen LogP contribution in [0.1, 0.15) is 40.1 Å². The van der Waals surface area contributed by atoms with Crippen LogP contribution in [0.25, 0.3) is 0 Å². The molecule has 1 aliphatic heterocycles. The third-order valence-electron chi connectivity index (χ3n) is 4.10. The maximum atomic E-state index is 12.6. The van der Waals surface area contributed by atoms with Gasteiger partial charge in [-0.1, -0.05) is 15.9 Å². The molecule has 0 saturated carbocycles. The lowest BCUT2D eigenvalue weighted by Crippen LogP contribution is -2.36. The first kappa shape index (κ1) is 18.6. The summed E-state index contributed by atoms with van der Waals surface area (Å²) in [5.74, 6) is -1.01. The summed E-state index contributed by atoms with van der Waals surface area (Å²) in [5, 5.41) is 2.74. The molecular weight excluding hydrogens is 420 g/mol. The largest absolute Gasteiger partial charge is 0.322 e. The van der Waals surface area contributed by atoms with Crippen LogP contribution in [0, 0.1) is 6.92 Å². The van der Waals surface area contributed by atoms with Gasteiger partial charge >= 0.3 is 0 Å². The van der Waals surface area contributed by atoms with Crippen LogP contribution < -0.4 is 5.32 Å². The SMILES string of the molecule is Cc1cc(NC(=O)c2ccc3c(c2)S(=O)(=O)N(C(C)C)C3=O)ccc1Br. The molecule has 0 fully saturated rings. The minimum absolute atomic E-state index is 0.0923. The van der Waals surface area contributed by atoms with Gasteiger partial charge in [-0.25, -0.2) is 12.7 Å². The average Bonchev–Trinajstić information content (AvgIpc) is 2.77. The Hall–Kier alpha value is -2.19. The van der Waals surface area contributed by atoms with Gasteiger partial charge in [0.1, 0.15) is 4.90 Å². The van der Waals surface area contributed by atoms with Gasteiger partial charge in [0.15, 0.2) is 0 Å². The number of rotatable bonds is 3. The van der Waals surface area contributed by atoms with Crippen molar-refractivity contribution in [1.29, 1.82) is 0 Å². The van der Waals surface area contributed by atoms with E-state index in [1.54, 1.807) is 26.0 Å². The standard InChI is InChI=1S/C18H17BrN2O4S/c1-10(2)21-18(23)14-6-4-12(9-16(14)26(21,24)25)17(22)20-13-5-7-15(19)11(3)8-13/h4-10H,1-3H3,(H,20,22). The second kappa shape index (κ2) is 6.51. The third-order valence-corrected chi connectivity index (χ3v) is 6.98. The Morgan fingerprint density at radius 1 is 1.15 bits per heavy atom. The third kappa shape index (κ3) is 3.03. The molecular formula is C18H17BrN2O4S. The smallest absolute Gasteiger partial charge is 0.269 e. The van der Waals surface area contributed by atoms with Crippen molar-refractivity contribution in [2.24, 2.45) is 0 Å². The van der Waals surface area contributed by atoms with Gasteiger partial charge in [0, 0.05) is 21.8 Å². The summed E-state index contributed by atoms with van der Waals surface area (Å²) in [7, 11) is -3.94. The molecule has 6 nitrogen and oxygen atoms in total. The van der Waals surface area contributed by atoms with Crippen LogP contribution in [-0.4, -0.2) is 30.6 Å². The fourth-order valence-corrected chi connectivity index (χ4v) is 4.86. The molecule has 0 radical (unpaired) electrons. The van der Waals surface area contributed by atoms with E-state index in [1.807, 2.05) is 13.0 Å². The Kier molecular flexibility index (Phi) is 4.66. The van der Waals surface area contributed by atoms with Crippen molar-refractivity contribution in [3.8, 4) is 0 Å². The van der Waals surface area contributed by atoms with E-state index in [0.29, 0.717) is 5.69 Å². The normalized spacial score (nSPS) is 15.3. The lowest BCUT2D eigenvalue weighted by atomic mass is 10.1. The number of nitrogens with zero attached hydrogens (tertiary/aromatic N) is 1. The number of amides is 2. The van der Waals surface area contributed by atoms with Gasteiger partial charge < -0.3 is 5.32 Å². The predicted octanol–water partition coefficient (Wildman–Crippen LogP) is 3.56. The molecule has 0 unspecified atom stereocenters. The number of benzene rings is 2. The highest BCUT2D eigenvalue weighted by molar-refractivity contribution is 9.10. The number of carbonyl (C=O) groups is 2. The number of fused-ring (bicyclic) bond motifs is 1. The van der Waals surface area contributed by atoms with Gasteiger partial charge in [-0.3, -0.25) is 9.59 Å². The van der Waals surface area contributed by atoms with E-state index in [-0.39, 0.29) is 16.0 Å². The Bertz CT molecular complexity index is 1030. The summed E-state index contributed by atoms with van der Waals surface area (Å²) in [6.45, 7) is 5.16. The average molecular weight is 437 g/mol. The maximum absolute atomic E-state index is 12.6. The molecule has 136 valence electrons. The number of anilines is 1. The van der Waals surface area contributed by atoms with Crippen LogP contribution >= 0.6 is 15.9 Å². The molecule has 0 aromatic heterocycles. The molecule has 8 heteroatoms. The Labute approximate surface area is 160 Å². The summed E-state index contributed by atoms with van der Waals surface area (Å²) >= 11 is 3.39. The number of hydrogen-bond donors (Lipinski definition) is 1. The molecule has 0 aliphatic carbocycles. The van der Waals surface area contributed by atoms with E-state index in [2.05, 4.69) is 21.2 Å². The number of hydrogen-bond acceptors (Lipinski definition) is 4. The van der Waals surface area contributed by atoms with Gasteiger partial charge in [0.05, 0.1) is 5.56 Å². The first-order valence-electron chi connectivity index (χ1n) is 7.93. The van der Waals surface area contributed by atoms with E-state index in [0.717, 1.165) is 14.3 Å². The van der Waals surface area contributed by atoms with E-state index in [9.17, 15) is 18.0 Å². The van der Waals surface area contributed by atoms with Crippen LogP contribution in [0.15, 0.2) is 45.8 Å². The molecule has 1 aliphatic rings. The zero-order valence-corrected chi connectivity index (χ0v) is 16.8. The van der Waals surface area contributed by atoms with Gasteiger partial charge in [-0.05, 0) is 62.7 Å². The first-order valence-corrected chi connectivity index (χ1v) is 10.2. The monoisotopic (exact) mass is 436 g/mol. The van der Waals surface area contributed by atoms with Crippen molar-refractivity contribution in [3.63, 3.8) is 0 Å². The van der Waals surface area contributed by atoms with Gasteiger partial charge in [0.2, 0.25) is 0 Å². The van der Waals surface area contributed by atoms with Gasteiger partial charge in [0.25, 0.3) is 21.8 Å². The highest BCUT2D eigenvalue weighted by Crippen LogP contribution is 2.32. The summed E-state index contributed by atoms with van der Waals surface area (Å²) < 4.78 is 27.0. The number of sulfonamides is 1. The zero-order chi connectivity index (χ0) is 19.2. The van der Waals surface area contributed by atoms with Crippen molar-refractivity contribution in [2.45, 2.75) is 31.7 Å². The summed E-state index contributed by atoms with van der Waals surface area (Å²) in [4.78, 5) is 24.7. The fraction of sp³-hybridized carbons (Fsp3) is 0.222. The van der Waals surface area contributed by atoms with E-state index < -0.39 is 27.9 Å². The predicted molar refractivity (Wildman–Crippen MR) is 102 cm³/mol. The fourth-order valence-electron chi connectivity index (χ4n) is 2.83. The minimum Gasteiger partial charge on any atom is -0.322 e. The van der Waals surface area contributed by atoms with Gasteiger partial charge in [-0.2, -0.15) is 0 Å².